The van der Waals surface area contributed by atoms with E-state index in [9.17, 15) is 9.59 Å². The van der Waals surface area contributed by atoms with Crippen molar-refractivity contribution in [3.63, 3.8) is 0 Å². The Kier molecular flexibility index (Phi) is 8.91. The van der Waals surface area contributed by atoms with E-state index in [1.807, 2.05) is 44.2 Å². The third-order valence-corrected chi connectivity index (χ3v) is 7.43. The molecule has 196 valence electrons. The fourth-order valence-electron chi connectivity index (χ4n) is 3.58. The summed E-state index contributed by atoms with van der Waals surface area (Å²) in [6.07, 6.45) is 1.81. The molecule has 0 N–H and O–H groups in total. The van der Waals surface area contributed by atoms with Gasteiger partial charge < -0.3 is 14.2 Å². The van der Waals surface area contributed by atoms with Crippen molar-refractivity contribution in [2.75, 3.05) is 20.8 Å². The number of esters is 1. The van der Waals surface area contributed by atoms with Crippen molar-refractivity contribution in [1.82, 2.24) is 4.90 Å². The van der Waals surface area contributed by atoms with Gasteiger partial charge in [0.15, 0.2) is 16.7 Å². The molecule has 1 fully saturated rings. The first kappa shape index (κ1) is 27.5. The van der Waals surface area contributed by atoms with E-state index in [4.69, 9.17) is 14.2 Å². The van der Waals surface area contributed by atoms with Gasteiger partial charge >= 0.3 is 5.97 Å². The molecule has 1 aliphatic heterocycles. The van der Waals surface area contributed by atoms with Gasteiger partial charge in [-0.3, -0.25) is 9.69 Å². The van der Waals surface area contributed by atoms with Crippen LogP contribution in [0.15, 0.2) is 75.0 Å². The number of rotatable bonds is 8. The topological polar surface area (TPSA) is 77.4 Å². The lowest BCUT2D eigenvalue weighted by Crippen LogP contribution is -2.23. The predicted octanol–water partition coefficient (Wildman–Crippen LogP) is 6.76. The molecule has 9 heteroatoms. The number of hydrogen-bond donors (Lipinski definition) is 0. The standard InChI is InChI=1S/C29H27BrN2O5S/c1-5-36-24-14-21(23(30)16-25(24)37-17-19-8-6-18(2)7-9-19)15-26-27(33)32(3)29(38-26)31-22-12-10-20(11-13-22)28(34)35-4/h6-16H,5,17H2,1-4H3. The Labute approximate surface area is 234 Å². The second-order valence-electron chi connectivity index (χ2n) is 8.44. The number of nitrogens with zero attached hydrogens (tertiary/aromatic N) is 2. The molecule has 1 saturated heterocycles. The van der Waals surface area contributed by atoms with Crippen LogP contribution in [0.1, 0.15) is 34.0 Å². The van der Waals surface area contributed by atoms with Crippen molar-refractivity contribution >= 4 is 56.5 Å². The van der Waals surface area contributed by atoms with Gasteiger partial charge in [0.25, 0.3) is 5.91 Å². The lowest BCUT2D eigenvalue weighted by Gasteiger charge is -2.14. The minimum absolute atomic E-state index is 0.163. The number of carbonyl (C=O) groups excluding carboxylic acids is 2. The number of methoxy groups -OCH3 is 1. The summed E-state index contributed by atoms with van der Waals surface area (Å²) >= 11 is 4.90. The number of amides is 1. The van der Waals surface area contributed by atoms with E-state index in [2.05, 4.69) is 33.1 Å². The van der Waals surface area contributed by atoms with E-state index in [0.29, 0.717) is 46.0 Å². The van der Waals surface area contributed by atoms with Crippen molar-refractivity contribution in [2.24, 2.45) is 4.99 Å². The van der Waals surface area contributed by atoms with Crippen LogP contribution < -0.4 is 9.47 Å². The Bertz CT molecular complexity index is 1400. The monoisotopic (exact) mass is 594 g/mol. The molecule has 0 atom stereocenters. The molecule has 0 spiro atoms. The molecule has 0 aromatic heterocycles. The number of hydrogen-bond acceptors (Lipinski definition) is 7. The normalized spacial score (nSPS) is 15.3. The lowest BCUT2D eigenvalue weighted by molar-refractivity contribution is -0.121. The highest BCUT2D eigenvalue weighted by Crippen LogP contribution is 2.38. The quantitative estimate of drug-likeness (QED) is 0.212. The SMILES string of the molecule is CCOc1cc(C=C2SC(=Nc3ccc(C(=O)OC)cc3)N(C)C2=O)c(Br)cc1OCc1ccc(C)cc1. The second kappa shape index (κ2) is 12.3. The Morgan fingerprint density at radius 1 is 1.05 bits per heavy atom. The highest BCUT2D eigenvalue weighted by atomic mass is 79.9. The van der Waals surface area contributed by atoms with E-state index in [1.165, 1.54) is 29.3 Å². The minimum atomic E-state index is -0.416. The number of aliphatic imine (C=N–C) groups is 1. The van der Waals surface area contributed by atoms with Gasteiger partial charge in [-0.2, -0.15) is 0 Å². The lowest BCUT2D eigenvalue weighted by atomic mass is 10.1. The largest absolute Gasteiger partial charge is 0.490 e. The van der Waals surface area contributed by atoms with Crippen molar-refractivity contribution < 1.29 is 23.8 Å². The number of amidine groups is 1. The molecule has 7 nitrogen and oxygen atoms in total. The molecular weight excluding hydrogens is 568 g/mol. The van der Waals surface area contributed by atoms with Crippen LogP contribution in [-0.2, 0) is 16.1 Å². The average Bonchev–Trinajstić information content (AvgIpc) is 3.18. The summed E-state index contributed by atoms with van der Waals surface area (Å²) in [5.74, 6) is 0.629. The molecule has 3 aromatic carbocycles. The third-order valence-electron chi connectivity index (χ3n) is 5.68. The maximum atomic E-state index is 13.0. The summed E-state index contributed by atoms with van der Waals surface area (Å²) in [6, 6.07) is 18.6. The molecule has 38 heavy (non-hydrogen) atoms. The summed E-state index contributed by atoms with van der Waals surface area (Å²) in [5.41, 5.74) is 4.09. The number of carbonyl (C=O) groups is 2. The molecule has 4 rings (SSSR count). The van der Waals surface area contributed by atoms with Crippen LogP contribution in [0.5, 0.6) is 11.5 Å². The van der Waals surface area contributed by atoms with Crippen LogP contribution in [0.4, 0.5) is 5.69 Å². The summed E-state index contributed by atoms with van der Waals surface area (Å²) < 4.78 is 17.4. The van der Waals surface area contributed by atoms with Crippen molar-refractivity contribution in [1.29, 1.82) is 0 Å². The first-order valence-electron chi connectivity index (χ1n) is 11.9. The molecule has 1 heterocycles. The molecule has 0 aliphatic carbocycles. The molecule has 0 unspecified atom stereocenters. The number of thioether (sulfide) groups is 1. The minimum Gasteiger partial charge on any atom is -0.490 e. The van der Waals surface area contributed by atoms with Crippen LogP contribution in [0.3, 0.4) is 0 Å². The van der Waals surface area contributed by atoms with Crippen LogP contribution in [0, 0.1) is 6.92 Å². The summed E-state index contributed by atoms with van der Waals surface area (Å²) in [6.45, 7) is 4.84. The van der Waals surface area contributed by atoms with Gasteiger partial charge in [0, 0.05) is 11.5 Å². The smallest absolute Gasteiger partial charge is 0.337 e. The number of halogens is 1. The fourth-order valence-corrected chi connectivity index (χ4v) is 5.00. The Hall–Kier alpha value is -3.56. The molecule has 1 aliphatic rings. The number of aryl methyl sites for hydroxylation is 1. The first-order chi connectivity index (χ1) is 18.3. The average molecular weight is 596 g/mol. The van der Waals surface area contributed by atoms with Gasteiger partial charge in [-0.15, -0.1) is 0 Å². The maximum Gasteiger partial charge on any atom is 0.337 e. The zero-order chi connectivity index (χ0) is 27.2. The summed E-state index contributed by atoms with van der Waals surface area (Å²) in [5, 5.41) is 0.534. The maximum absolute atomic E-state index is 13.0. The molecule has 1 amide bonds. The molecule has 0 bridgehead atoms. The van der Waals surface area contributed by atoms with E-state index < -0.39 is 5.97 Å². The van der Waals surface area contributed by atoms with Gasteiger partial charge in [0.2, 0.25) is 0 Å². The van der Waals surface area contributed by atoms with Crippen molar-refractivity contribution in [2.45, 2.75) is 20.5 Å². The highest BCUT2D eigenvalue weighted by Gasteiger charge is 2.30. The number of benzene rings is 3. The number of likely N-dealkylation sites (N-methyl/N-ethyl adjacent to an activating group) is 1. The van der Waals surface area contributed by atoms with E-state index in [-0.39, 0.29) is 5.91 Å². The molecular formula is C29H27BrN2O5S. The van der Waals surface area contributed by atoms with Gasteiger partial charge in [-0.25, -0.2) is 9.79 Å². The van der Waals surface area contributed by atoms with Crippen molar-refractivity contribution in [3.05, 3.63) is 92.3 Å². The Balaban J connectivity index is 1.56. The third kappa shape index (κ3) is 6.46. The van der Waals surface area contributed by atoms with E-state index >= 15 is 0 Å². The predicted molar refractivity (Wildman–Crippen MR) is 154 cm³/mol. The number of ether oxygens (including phenoxy) is 3. The van der Waals surface area contributed by atoms with Gasteiger partial charge in [0.05, 0.1) is 29.9 Å². The molecule has 3 aromatic rings. The summed E-state index contributed by atoms with van der Waals surface area (Å²) in [7, 11) is 3.02. The first-order valence-corrected chi connectivity index (χ1v) is 13.5. The van der Waals surface area contributed by atoms with Crippen LogP contribution in [0.25, 0.3) is 6.08 Å². The molecule has 0 saturated carbocycles. The molecule has 0 radical (unpaired) electrons. The van der Waals surface area contributed by atoms with Gasteiger partial charge in [-0.1, -0.05) is 45.8 Å². The Morgan fingerprint density at radius 3 is 2.39 bits per heavy atom. The van der Waals surface area contributed by atoms with Gasteiger partial charge in [-0.05, 0) is 79.2 Å². The summed E-state index contributed by atoms with van der Waals surface area (Å²) in [4.78, 5) is 31.3. The van der Waals surface area contributed by atoms with Crippen LogP contribution >= 0.6 is 27.7 Å². The van der Waals surface area contributed by atoms with Gasteiger partial charge in [0.1, 0.15) is 6.61 Å². The second-order valence-corrected chi connectivity index (χ2v) is 10.3. The zero-order valence-corrected chi connectivity index (χ0v) is 23.9. The Morgan fingerprint density at radius 2 is 1.74 bits per heavy atom. The van der Waals surface area contributed by atoms with E-state index in [0.717, 1.165) is 15.6 Å². The fraction of sp³-hybridized carbons (Fsp3) is 0.207. The van der Waals surface area contributed by atoms with Crippen molar-refractivity contribution in [3.8, 4) is 11.5 Å². The van der Waals surface area contributed by atoms with Crippen LogP contribution in [0.2, 0.25) is 0 Å². The van der Waals surface area contributed by atoms with Crippen LogP contribution in [-0.4, -0.2) is 42.7 Å². The van der Waals surface area contributed by atoms with E-state index in [1.54, 1.807) is 31.3 Å². The zero-order valence-electron chi connectivity index (χ0n) is 21.5. The highest BCUT2D eigenvalue weighted by molar-refractivity contribution is 9.10.